The fraction of sp³-hybridized carbons (Fsp3) is 0.556. The number of hydrogen-bond donors (Lipinski definition) is 1. The van der Waals surface area contributed by atoms with Crippen molar-refractivity contribution in [2.45, 2.75) is 58.4 Å². The minimum absolute atomic E-state index is 0.144. The summed E-state index contributed by atoms with van der Waals surface area (Å²) in [6.45, 7) is 2.69. The molecule has 1 aromatic rings. The lowest BCUT2D eigenvalue weighted by Gasteiger charge is -2.10. The van der Waals surface area contributed by atoms with E-state index in [0.717, 1.165) is 18.4 Å². The molecule has 0 aromatic heterocycles. The number of hydrogen-bond acceptors (Lipinski definition) is 2. The van der Waals surface area contributed by atoms with Crippen molar-refractivity contribution in [2.75, 3.05) is 0 Å². The van der Waals surface area contributed by atoms with Crippen LogP contribution in [0.15, 0.2) is 30.3 Å². The Balaban J connectivity index is 2.22. The quantitative estimate of drug-likeness (QED) is 0.656. The number of unbranched alkanes of at least 4 members (excludes halogenated alkanes) is 5. The van der Waals surface area contributed by atoms with Gasteiger partial charge in [0.2, 0.25) is 5.91 Å². The number of benzene rings is 1. The summed E-state index contributed by atoms with van der Waals surface area (Å²) < 4.78 is 0. The van der Waals surface area contributed by atoms with Gasteiger partial charge < -0.3 is 5.32 Å². The highest BCUT2D eigenvalue weighted by molar-refractivity contribution is 5.80. The van der Waals surface area contributed by atoms with Crippen molar-refractivity contribution in [2.24, 2.45) is 5.92 Å². The van der Waals surface area contributed by atoms with Crippen LogP contribution in [0.4, 0.5) is 0 Å². The number of nitrogens with zero attached hydrogens (tertiary/aromatic N) is 1. The van der Waals surface area contributed by atoms with Gasteiger partial charge in [0.25, 0.3) is 0 Å². The molecule has 0 saturated heterocycles. The first-order chi connectivity index (χ1) is 10.3. The van der Waals surface area contributed by atoms with E-state index in [1.54, 1.807) is 0 Å². The second-order valence-electron chi connectivity index (χ2n) is 5.44. The lowest BCUT2D eigenvalue weighted by Crippen LogP contribution is -2.29. The molecule has 0 aliphatic heterocycles. The number of carbonyl (C=O) groups excluding carboxylic acids is 1. The summed E-state index contributed by atoms with van der Waals surface area (Å²) >= 11 is 0. The molecule has 1 unspecified atom stereocenters. The van der Waals surface area contributed by atoms with Crippen molar-refractivity contribution in [3.8, 4) is 6.07 Å². The van der Waals surface area contributed by atoms with E-state index in [0.29, 0.717) is 13.0 Å². The summed E-state index contributed by atoms with van der Waals surface area (Å²) in [6, 6.07) is 11.9. The van der Waals surface area contributed by atoms with Gasteiger partial charge in [0.15, 0.2) is 0 Å². The second kappa shape index (κ2) is 10.9. The van der Waals surface area contributed by atoms with Gasteiger partial charge in [0.1, 0.15) is 5.92 Å². The maximum absolute atomic E-state index is 12.0. The predicted molar refractivity (Wildman–Crippen MR) is 85.4 cm³/mol. The third-order valence-corrected chi connectivity index (χ3v) is 3.63. The fourth-order valence-corrected chi connectivity index (χ4v) is 2.29. The molecule has 1 aromatic carbocycles. The molecule has 0 spiro atoms. The van der Waals surface area contributed by atoms with Gasteiger partial charge in [0.05, 0.1) is 6.07 Å². The zero-order valence-corrected chi connectivity index (χ0v) is 13.0. The monoisotopic (exact) mass is 286 g/mol. The molecule has 0 aliphatic rings. The topological polar surface area (TPSA) is 52.9 Å². The molecule has 3 heteroatoms. The third-order valence-electron chi connectivity index (χ3n) is 3.63. The van der Waals surface area contributed by atoms with E-state index in [-0.39, 0.29) is 5.91 Å². The molecule has 0 fully saturated rings. The highest BCUT2D eigenvalue weighted by Gasteiger charge is 2.16. The van der Waals surface area contributed by atoms with Gasteiger partial charge in [-0.05, 0) is 12.0 Å². The molecule has 1 rings (SSSR count). The molecule has 0 aliphatic carbocycles. The average Bonchev–Trinajstić information content (AvgIpc) is 2.53. The van der Waals surface area contributed by atoms with Crippen molar-refractivity contribution in [3.63, 3.8) is 0 Å². The lowest BCUT2D eigenvalue weighted by atomic mass is 10.0. The van der Waals surface area contributed by atoms with Crippen molar-refractivity contribution in [3.05, 3.63) is 35.9 Å². The van der Waals surface area contributed by atoms with E-state index in [2.05, 4.69) is 18.3 Å². The Hall–Kier alpha value is -1.82. The van der Waals surface area contributed by atoms with Crippen LogP contribution in [0.3, 0.4) is 0 Å². The molecule has 0 bridgehead atoms. The highest BCUT2D eigenvalue weighted by Crippen LogP contribution is 2.12. The van der Waals surface area contributed by atoms with Crippen LogP contribution in [0.25, 0.3) is 0 Å². The van der Waals surface area contributed by atoms with Gasteiger partial charge in [0, 0.05) is 6.54 Å². The number of rotatable bonds is 10. The van der Waals surface area contributed by atoms with Crippen LogP contribution in [0.2, 0.25) is 0 Å². The third kappa shape index (κ3) is 7.51. The zero-order chi connectivity index (χ0) is 15.3. The largest absolute Gasteiger partial charge is 0.351 e. The molecular formula is C18H26N2O. The summed E-state index contributed by atoms with van der Waals surface area (Å²) in [5.74, 6) is -0.658. The van der Waals surface area contributed by atoms with Crippen LogP contribution in [0, 0.1) is 17.2 Å². The lowest BCUT2D eigenvalue weighted by molar-refractivity contribution is -0.123. The van der Waals surface area contributed by atoms with Crippen molar-refractivity contribution < 1.29 is 4.79 Å². The number of carbonyl (C=O) groups is 1. The summed E-state index contributed by atoms with van der Waals surface area (Å²) in [5, 5.41) is 12.0. The summed E-state index contributed by atoms with van der Waals surface area (Å²) in [4.78, 5) is 12.0. The van der Waals surface area contributed by atoms with Gasteiger partial charge in [-0.1, -0.05) is 75.8 Å². The Morgan fingerprint density at radius 2 is 1.81 bits per heavy atom. The minimum atomic E-state index is -0.514. The van der Waals surface area contributed by atoms with Crippen LogP contribution in [0.1, 0.15) is 57.4 Å². The minimum Gasteiger partial charge on any atom is -0.351 e. The molecule has 3 nitrogen and oxygen atoms in total. The van der Waals surface area contributed by atoms with Crippen LogP contribution < -0.4 is 5.32 Å². The van der Waals surface area contributed by atoms with Crippen LogP contribution >= 0.6 is 0 Å². The molecule has 114 valence electrons. The van der Waals surface area contributed by atoms with Crippen LogP contribution in [0.5, 0.6) is 0 Å². The number of nitriles is 1. The van der Waals surface area contributed by atoms with Crippen molar-refractivity contribution in [1.29, 1.82) is 5.26 Å². The number of amides is 1. The van der Waals surface area contributed by atoms with E-state index < -0.39 is 5.92 Å². The standard InChI is InChI=1S/C18H26N2O/c1-2-3-4-5-6-10-13-17(14-19)18(21)20-15-16-11-8-7-9-12-16/h7-9,11-12,17H,2-6,10,13,15H2,1H3,(H,20,21). The van der Waals surface area contributed by atoms with E-state index in [9.17, 15) is 4.79 Å². The number of nitrogens with one attached hydrogen (secondary N) is 1. The average molecular weight is 286 g/mol. The zero-order valence-electron chi connectivity index (χ0n) is 13.0. The molecule has 0 saturated carbocycles. The summed E-state index contributed by atoms with van der Waals surface area (Å²) in [5.41, 5.74) is 1.06. The summed E-state index contributed by atoms with van der Waals surface area (Å²) in [7, 11) is 0. The van der Waals surface area contributed by atoms with Crippen LogP contribution in [-0.4, -0.2) is 5.91 Å². The molecule has 1 amide bonds. The first kappa shape index (κ1) is 17.2. The maximum atomic E-state index is 12.0. The van der Waals surface area contributed by atoms with Gasteiger partial charge in [-0.2, -0.15) is 5.26 Å². The van der Waals surface area contributed by atoms with E-state index in [4.69, 9.17) is 5.26 Å². The smallest absolute Gasteiger partial charge is 0.237 e. The van der Waals surface area contributed by atoms with Gasteiger partial charge in [-0.15, -0.1) is 0 Å². The molecule has 21 heavy (non-hydrogen) atoms. The predicted octanol–water partition coefficient (Wildman–Crippen LogP) is 4.19. The van der Waals surface area contributed by atoms with Gasteiger partial charge in [-0.25, -0.2) is 0 Å². The Morgan fingerprint density at radius 1 is 1.14 bits per heavy atom. The van der Waals surface area contributed by atoms with Crippen molar-refractivity contribution >= 4 is 5.91 Å². The molecule has 1 atom stereocenters. The Kier molecular flexibility index (Phi) is 8.95. The SMILES string of the molecule is CCCCCCCCC(C#N)C(=O)NCc1ccccc1. The Labute approximate surface area is 128 Å². The first-order valence-electron chi connectivity index (χ1n) is 7.99. The molecular weight excluding hydrogens is 260 g/mol. The van der Waals surface area contributed by atoms with Gasteiger partial charge in [-0.3, -0.25) is 4.79 Å². The van der Waals surface area contributed by atoms with Crippen molar-refractivity contribution in [1.82, 2.24) is 5.32 Å². The maximum Gasteiger partial charge on any atom is 0.237 e. The van der Waals surface area contributed by atoms with E-state index in [1.165, 1.54) is 25.7 Å². The van der Waals surface area contributed by atoms with Crippen LogP contribution in [-0.2, 0) is 11.3 Å². The Morgan fingerprint density at radius 3 is 2.48 bits per heavy atom. The highest BCUT2D eigenvalue weighted by atomic mass is 16.1. The second-order valence-corrected chi connectivity index (χ2v) is 5.44. The molecule has 0 radical (unpaired) electrons. The fourth-order valence-electron chi connectivity index (χ4n) is 2.29. The van der Waals surface area contributed by atoms with E-state index >= 15 is 0 Å². The van der Waals surface area contributed by atoms with E-state index in [1.807, 2.05) is 30.3 Å². The Bertz CT molecular complexity index is 436. The summed E-state index contributed by atoms with van der Waals surface area (Å²) in [6.07, 6.45) is 7.72. The van der Waals surface area contributed by atoms with Gasteiger partial charge >= 0.3 is 0 Å². The normalized spacial score (nSPS) is 11.6. The molecule has 1 N–H and O–H groups in total. The molecule has 0 heterocycles. The first-order valence-corrected chi connectivity index (χ1v) is 7.99.